The Balaban J connectivity index is 1.54. The zero-order chi connectivity index (χ0) is 18.0. The Morgan fingerprint density at radius 1 is 1.24 bits per heavy atom. The molecule has 2 fully saturated rings. The molecular formula is C17H25N5O3. The lowest BCUT2D eigenvalue weighted by Crippen LogP contribution is -2.50. The minimum absolute atomic E-state index is 0.0656. The SMILES string of the molecule is CC(C)(C)OC(=O)N1CC(c2cnc(N3CCNC(=O)CC3)nc2)C1. The third-order valence-electron chi connectivity index (χ3n) is 4.26. The van der Waals surface area contributed by atoms with Crippen LogP contribution in [0.5, 0.6) is 0 Å². The quantitative estimate of drug-likeness (QED) is 0.863. The number of rotatable bonds is 2. The van der Waals surface area contributed by atoms with Gasteiger partial charge < -0.3 is 19.9 Å². The van der Waals surface area contributed by atoms with E-state index < -0.39 is 5.60 Å². The van der Waals surface area contributed by atoms with Gasteiger partial charge in [0.2, 0.25) is 11.9 Å². The molecule has 0 saturated carbocycles. The van der Waals surface area contributed by atoms with Crippen LogP contribution in [0.1, 0.15) is 38.7 Å². The van der Waals surface area contributed by atoms with Crippen LogP contribution < -0.4 is 10.2 Å². The van der Waals surface area contributed by atoms with E-state index in [4.69, 9.17) is 4.74 Å². The Morgan fingerprint density at radius 3 is 2.56 bits per heavy atom. The van der Waals surface area contributed by atoms with E-state index in [-0.39, 0.29) is 17.9 Å². The van der Waals surface area contributed by atoms with E-state index in [2.05, 4.69) is 15.3 Å². The van der Waals surface area contributed by atoms with E-state index in [1.165, 1.54) is 0 Å². The Hall–Kier alpha value is -2.38. The van der Waals surface area contributed by atoms with Gasteiger partial charge in [-0.2, -0.15) is 0 Å². The molecule has 136 valence electrons. The Kier molecular flexibility index (Phi) is 4.78. The topological polar surface area (TPSA) is 87.7 Å². The van der Waals surface area contributed by atoms with Crippen molar-refractivity contribution in [2.45, 2.75) is 38.7 Å². The maximum Gasteiger partial charge on any atom is 0.410 e. The summed E-state index contributed by atoms with van der Waals surface area (Å²) in [5.41, 5.74) is 0.545. The zero-order valence-electron chi connectivity index (χ0n) is 15.0. The van der Waals surface area contributed by atoms with E-state index in [0.29, 0.717) is 45.1 Å². The molecule has 2 aliphatic heterocycles. The summed E-state index contributed by atoms with van der Waals surface area (Å²) in [5, 5.41) is 2.84. The van der Waals surface area contributed by atoms with Gasteiger partial charge in [0, 0.05) is 57.5 Å². The maximum atomic E-state index is 12.0. The fraction of sp³-hybridized carbons (Fsp3) is 0.647. The van der Waals surface area contributed by atoms with Gasteiger partial charge in [0.05, 0.1) is 0 Å². The predicted molar refractivity (Wildman–Crippen MR) is 92.4 cm³/mol. The molecule has 2 aliphatic rings. The largest absolute Gasteiger partial charge is 0.444 e. The Labute approximate surface area is 147 Å². The molecule has 0 unspecified atom stereocenters. The van der Waals surface area contributed by atoms with Crippen LogP contribution in [-0.2, 0) is 9.53 Å². The fourth-order valence-corrected chi connectivity index (χ4v) is 2.84. The maximum absolute atomic E-state index is 12.0. The van der Waals surface area contributed by atoms with Crippen molar-refractivity contribution in [1.82, 2.24) is 20.2 Å². The van der Waals surface area contributed by atoms with Gasteiger partial charge in [0.25, 0.3) is 0 Å². The first-order valence-corrected chi connectivity index (χ1v) is 8.63. The number of likely N-dealkylation sites (tertiary alicyclic amines) is 1. The van der Waals surface area contributed by atoms with Crippen molar-refractivity contribution >= 4 is 17.9 Å². The summed E-state index contributed by atoms with van der Waals surface area (Å²) in [6.45, 7) is 8.78. The van der Waals surface area contributed by atoms with Crippen molar-refractivity contribution in [3.05, 3.63) is 18.0 Å². The van der Waals surface area contributed by atoms with E-state index >= 15 is 0 Å². The number of carbonyl (C=O) groups excluding carboxylic acids is 2. The number of hydrogen-bond donors (Lipinski definition) is 1. The summed E-state index contributed by atoms with van der Waals surface area (Å²) in [6, 6.07) is 0. The lowest BCUT2D eigenvalue weighted by molar-refractivity contribution is -0.120. The molecule has 0 bridgehead atoms. The monoisotopic (exact) mass is 347 g/mol. The molecule has 1 N–H and O–H groups in total. The van der Waals surface area contributed by atoms with Crippen LogP contribution in [0.15, 0.2) is 12.4 Å². The smallest absolute Gasteiger partial charge is 0.410 e. The predicted octanol–water partition coefficient (Wildman–Crippen LogP) is 1.14. The Bertz CT molecular complexity index is 635. The first kappa shape index (κ1) is 17.4. The van der Waals surface area contributed by atoms with E-state index in [1.54, 1.807) is 4.90 Å². The van der Waals surface area contributed by atoms with Crippen molar-refractivity contribution in [3.8, 4) is 0 Å². The van der Waals surface area contributed by atoms with Crippen LogP contribution >= 0.6 is 0 Å². The van der Waals surface area contributed by atoms with Crippen LogP contribution in [0.4, 0.5) is 10.7 Å². The standard InChI is InChI=1S/C17H25N5O3/c1-17(2,3)25-16(24)22-10-13(11-22)12-8-19-15(20-9-12)21-6-4-14(23)18-5-7-21/h8-9,13H,4-7,10-11H2,1-3H3,(H,18,23). The molecule has 0 aliphatic carbocycles. The molecule has 0 radical (unpaired) electrons. The third kappa shape index (κ3) is 4.37. The molecule has 2 amide bonds. The summed E-state index contributed by atoms with van der Waals surface area (Å²) >= 11 is 0. The van der Waals surface area contributed by atoms with Crippen LogP contribution in [-0.4, -0.2) is 65.2 Å². The Morgan fingerprint density at radius 2 is 1.92 bits per heavy atom. The minimum atomic E-state index is -0.476. The van der Waals surface area contributed by atoms with Crippen LogP contribution in [0.3, 0.4) is 0 Å². The highest BCUT2D eigenvalue weighted by Crippen LogP contribution is 2.28. The first-order valence-electron chi connectivity index (χ1n) is 8.63. The van der Waals surface area contributed by atoms with Gasteiger partial charge in [-0.3, -0.25) is 4.79 Å². The fourth-order valence-electron chi connectivity index (χ4n) is 2.84. The van der Waals surface area contributed by atoms with E-state index in [0.717, 1.165) is 5.56 Å². The number of nitrogens with one attached hydrogen (secondary N) is 1. The van der Waals surface area contributed by atoms with Gasteiger partial charge >= 0.3 is 6.09 Å². The zero-order valence-corrected chi connectivity index (χ0v) is 15.0. The molecule has 3 rings (SSSR count). The van der Waals surface area contributed by atoms with Crippen molar-refractivity contribution in [3.63, 3.8) is 0 Å². The number of nitrogens with zero attached hydrogens (tertiary/aromatic N) is 4. The highest BCUT2D eigenvalue weighted by molar-refractivity contribution is 5.77. The molecule has 0 atom stereocenters. The first-order chi connectivity index (χ1) is 11.8. The number of carbonyl (C=O) groups is 2. The molecular weight excluding hydrogens is 322 g/mol. The summed E-state index contributed by atoms with van der Waals surface area (Å²) < 4.78 is 5.36. The second kappa shape index (κ2) is 6.85. The number of anilines is 1. The molecule has 2 saturated heterocycles. The normalized spacial score (nSPS) is 19.1. The van der Waals surface area contributed by atoms with Crippen LogP contribution in [0, 0.1) is 0 Å². The lowest BCUT2D eigenvalue weighted by Gasteiger charge is -2.39. The third-order valence-corrected chi connectivity index (χ3v) is 4.26. The van der Waals surface area contributed by atoms with Gasteiger partial charge in [-0.25, -0.2) is 14.8 Å². The molecule has 0 spiro atoms. The number of amides is 2. The second-order valence-corrected chi connectivity index (χ2v) is 7.49. The van der Waals surface area contributed by atoms with E-state index in [1.807, 2.05) is 38.1 Å². The number of aromatic nitrogens is 2. The molecule has 1 aromatic heterocycles. The average Bonchev–Trinajstić information content (AvgIpc) is 2.69. The molecule has 8 heteroatoms. The molecule has 8 nitrogen and oxygen atoms in total. The molecule has 1 aromatic rings. The van der Waals surface area contributed by atoms with Crippen molar-refractivity contribution in [2.75, 3.05) is 37.6 Å². The van der Waals surface area contributed by atoms with E-state index in [9.17, 15) is 9.59 Å². The summed E-state index contributed by atoms with van der Waals surface area (Å²) in [6.07, 6.45) is 3.82. The number of ether oxygens (including phenoxy) is 1. The summed E-state index contributed by atoms with van der Waals surface area (Å²) in [7, 11) is 0. The van der Waals surface area contributed by atoms with Gasteiger partial charge in [0.1, 0.15) is 5.60 Å². The minimum Gasteiger partial charge on any atom is -0.444 e. The molecule has 3 heterocycles. The summed E-state index contributed by atoms with van der Waals surface area (Å²) in [4.78, 5) is 36.0. The average molecular weight is 347 g/mol. The lowest BCUT2D eigenvalue weighted by atomic mass is 9.94. The van der Waals surface area contributed by atoms with Crippen molar-refractivity contribution in [1.29, 1.82) is 0 Å². The van der Waals surface area contributed by atoms with Gasteiger partial charge in [-0.1, -0.05) is 0 Å². The highest BCUT2D eigenvalue weighted by atomic mass is 16.6. The van der Waals surface area contributed by atoms with Crippen molar-refractivity contribution < 1.29 is 14.3 Å². The highest BCUT2D eigenvalue weighted by Gasteiger charge is 2.35. The molecule has 25 heavy (non-hydrogen) atoms. The van der Waals surface area contributed by atoms with Crippen molar-refractivity contribution in [2.24, 2.45) is 0 Å². The molecule has 0 aromatic carbocycles. The van der Waals surface area contributed by atoms with Gasteiger partial charge in [0.15, 0.2) is 0 Å². The van der Waals surface area contributed by atoms with Gasteiger partial charge in [-0.05, 0) is 26.3 Å². The van der Waals surface area contributed by atoms with Gasteiger partial charge in [-0.15, -0.1) is 0 Å². The number of hydrogen-bond acceptors (Lipinski definition) is 6. The van der Waals surface area contributed by atoms with Crippen LogP contribution in [0.25, 0.3) is 0 Å². The second-order valence-electron chi connectivity index (χ2n) is 7.49. The van der Waals surface area contributed by atoms with Crippen LogP contribution in [0.2, 0.25) is 0 Å². The summed E-state index contributed by atoms with van der Waals surface area (Å²) in [5.74, 6) is 0.952.